The van der Waals surface area contributed by atoms with Crippen LogP contribution in [0.2, 0.25) is 0 Å². The van der Waals surface area contributed by atoms with Crippen molar-refractivity contribution in [3.8, 4) is 0 Å². The van der Waals surface area contributed by atoms with E-state index >= 15 is 0 Å². The van der Waals surface area contributed by atoms with E-state index in [4.69, 9.17) is 0 Å². The third-order valence-corrected chi connectivity index (χ3v) is 4.75. The minimum absolute atomic E-state index is 0.186. The molecule has 0 aliphatic carbocycles. The molecule has 1 fully saturated rings. The van der Waals surface area contributed by atoms with E-state index in [2.05, 4.69) is 12.2 Å². The molecule has 100 valence electrons. The fourth-order valence-corrected chi connectivity index (χ4v) is 3.69. The molecule has 2 rings (SSSR count). The molecule has 0 radical (unpaired) electrons. The zero-order valence-electron chi connectivity index (χ0n) is 10.7. The smallest absolute Gasteiger partial charge is 0.123 e. The molecule has 0 bridgehead atoms. The van der Waals surface area contributed by atoms with Gasteiger partial charge < -0.3 is 5.32 Å². The highest BCUT2D eigenvalue weighted by molar-refractivity contribution is 7.85. The monoisotopic (exact) mass is 269 g/mol. The van der Waals surface area contributed by atoms with Crippen molar-refractivity contribution >= 4 is 10.8 Å². The van der Waals surface area contributed by atoms with Crippen LogP contribution in [0.1, 0.15) is 25.3 Å². The standard InChI is InChI=1S/C14H20FNOS/c1-11(10-12-2-4-13(15)5-3-12)16-14-6-8-18(17)9-7-14/h2-5,11,14,16H,6-10H2,1H3. The number of rotatable bonds is 4. The van der Waals surface area contributed by atoms with Crippen LogP contribution in [-0.2, 0) is 17.2 Å². The van der Waals surface area contributed by atoms with Crippen molar-refractivity contribution in [1.82, 2.24) is 5.32 Å². The summed E-state index contributed by atoms with van der Waals surface area (Å²) in [6, 6.07) is 7.54. The summed E-state index contributed by atoms with van der Waals surface area (Å²) in [6.07, 6.45) is 2.90. The van der Waals surface area contributed by atoms with Crippen LogP contribution in [0.4, 0.5) is 4.39 Å². The number of nitrogens with one attached hydrogen (secondary N) is 1. The Morgan fingerprint density at radius 1 is 1.33 bits per heavy atom. The van der Waals surface area contributed by atoms with Gasteiger partial charge in [0.15, 0.2) is 0 Å². The predicted octanol–water partition coefficient (Wildman–Crippen LogP) is 2.26. The summed E-state index contributed by atoms with van der Waals surface area (Å²) in [5.41, 5.74) is 1.15. The van der Waals surface area contributed by atoms with Crippen LogP contribution >= 0.6 is 0 Å². The zero-order chi connectivity index (χ0) is 13.0. The molecule has 1 aliphatic heterocycles. The third-order valence-electron chi connectivity index (χ3n) is 3.36. The van der Waals surface area contributed by atoms with Gasteiger partial charge in [0.2, 0.25) is 0 Å². The summed E-state index contributed by atoms with van der Waals surface area (Å²) < 4.78 is 24.1. The number of benzene rings is 1. The van der Waals surface area contributed by atoms with Crippen molar-refractivity contribution < 1.29 is 8.60 Å². The first-order chi connectivity index (χ1) is 8.63. The Labute approximate surface area is 110 Å². The molecule has 1 aromatic rings. The van der Waals surface area contributed by atoms with Gasteiger partial charge in [0.25, 0.3) is 0 Å². The van der Waals surface area contributed by atoms with Gasteiger partial charge in [-0.25, -0.2) is 4.39 Å². The maximum atomic E-state index is 12.8. The van der Waals surface area contributed by atoms with Crippen LogP contribution in [0.3, 0.4) is 0 Å². The maximum absolute atomic E-state index is 12.8. The highest BCUT2D eigenvalue weighted by Crippen LogP contribution is 2.12. The van der Waals surface area contributed by atoms with Crippen molar-refractivity contribution in [2.75, 3.05) is 11.5 Å². The molecule has 1 N–H and O–H groups in total. The van der Waals surface area contributed by atoms with Crippen LogP contribution in [0.25, 0.3) is 0 Å². The Kier molecular flexibility index (Phi) is 4.89. The molecule has 18 heavy (non-hydrogen) atoms. The van der Waals surface area contributed by atoms with Crippen LogP contribution in [0, 0.1) is 5.82 Å². The Bertz CT molecular complexity index is 397. The van der Waals surface area contributed by atoms with Gasteiger partial charge in [-0.15, -0.1) is 0 Å². The summed E-state index contributed by atoms with van der Waals surface area (Å²) in [5.74, 6) is 1.45. The molecule has 1 heterocycles. The van der Waals surface area contributed by atoms with Gasteiger partial charge >= 0.3 is 0 Å². The van der Waals surface area contributed by atoms with Gasteiger partial charge in [-0.3, -0.25) is 4.21 Å². The van der Waals surface area contributed by atoms with E-state index in [9.17, 15) is 8.60 Å². The van der Waals surface area contributed by atoms with Crippen LogP contribution in [0.15, 0.2) is 24.3 Å². The topological polar surface area (TPSA) is 29.1 Å². The van der Waals surface area contributed by atoms with Crippen molar-refractivity contribution in [3.05, 3.63) is 35.6 Å². The normalized spacial score (nSPS) is 25.9. The quantitative estimate of drug-likeness (QED) is 0.908. The molecule has 1 aromatic carbocycles. The van der Waals surface area contributed by atoms with Crippen molar-refractivity contribution in [1.29, 1.82) is 0 Å². The van der Waals surface area contributed by atoms with Gasteiger partial charge in [0.05, 0.1) is 0 Å². The molecule has 4 heteroatoms. The Morgan fingerprint density at radius 3 is 2.56 bits per heavy atom. The molecule has 1 saturated heterocycles. The fraction of sp³-hybridized carbons (Fsp3) is 0.571. The van der Waals surface area contributed by atoms with E-state index < -0.39 is 10.8 Å². The van der Waals surface area contributed by atoms with Crippen LogP contribution in [0.5, 0.6) is 0 Å². The lowest BCUT2D eigenvalue weighted by Gasteiger charge is -2.26. The Hall–Kier alpha value is -0.740. The summed E-state index contributed by atoms with van der Waals surface area (Å²) >= 11 is 0. The molecule has 0 aromatic heterocycles. The van der Waals surface area contributed by atoms with Gasteiger partial charge in [-0.05, 0) is 43.9 Å². The Balaban J connectivity index is 1.79. The average Bonchev–Trinajstić information content (AvgIpc) is 2.35. The first kappa shape index (κ1) is 13.7. The molecular weight excluding hydrogens is 249 g/mol. The second-order valence-electron chi connectivity index (χ2n) is 5.02. The van der Waals surface area contributed by atoms with Gasteiger partial charge in [-0.2, -0.15) is 0 Å². The first-order valence-electron chi connectivity index (χ1n) is 6.49. The lowest BCUT2D eigenvalue weighted by atomic mass is 10.0. The minimum Gasteiger partial charge on any atom is -0.311 e. The summed E-state index contributed by atoms with van der Waals surface area (Å²) in [7, 11) is -0.598. The van der Waals surface area contributed by atoms with E-state index in [0.29, 0.717) is 12.1 Å². The van der Waals surface area contributed by atoms with Gasteiger partial charge in [0, 0.05) is 34.4 Å². The largest absolute Gasteiger partial charge is 0.311 e. The zero-order valence-corrected chi connectivity index (χ0v) is 11.5. The molecule has 1 atom stereocenters. The second kappa shape index (κ2) is 6.43. The third kappa shape index (κ3) is 4.18. The van der Waals surface area contributed by atoms with Crippen molar-refractivity contribution in [2.24, 2.45) is 0 Å². The highest BCUT2D eigenvalue weighted by Gasteiger charge is 2.19. The van der Waals surface area contributed by atoms with Gasteiger partial charge in [0.1, 0.15) is 5.82 Å². The molecule has 0 spiro atoms. The molecule has 0 amide bonds. The second-order valence-corrected chi connectivity index (χ2v) is 6.72. The van der Waals surface area contributed by atoms with E-state index in [0.717, 1.165) is 36.3 Å². The van der Waals surface area contributed by atoms with Crippen LogP contribution in [-0.4, -0.2) is 27.8 Å². The number of hydrogen-bond acceptors (Lipinski definition) is 2. The molecule has 1 aliphatic rings. The van der Waals surface area contributed by atoms with Crippen molar-refractivity contribution in [3.63, 3.8) is 0 Å². The SMILES string of the molecule is CC(Cc1ccc(F)cc1)NC1CCS(=O)CC1. The minimum atomic E-state index is -0.598. The van der Waals surface area contributed by atoms with Crippen molar-refractivity contribution in [2.45, 2.75) is 38.3 Å². The van der Waals surface area contributed by atoms with E-state index in [1.807, 2.05) is 12.1 Å². The van der Waals surface area contributed by atoms with E-state index in [1.165, 1.54) is 12.1 Å². The maximum Gasteiger partial charge on any atom is 0.123 e. The Morgan fingerprint density at radius 2 is 1.94 bits per heavy atom. The highest BCUT2D eigenvalue weighted by atomic mass is 32.2. The summed E-state index contributed by atoms with van der Waals surface area (Å²) in [6.45, 7) is 2.15. The molecular formula is C14H20FNOS. The lowest BCUT2D eigenvalue weighted by Crippen LogP contribution is -2.41. The summed E-state index contributed by atoms with van der Waals surface area (Å²) in [5, 5.41) is 3.57. The molecule has 1 unspecified atom stereocenters. The fourth-order valence-electron chi connectivity index (χ4n) is 2.40. The van der Waals surface area contributed by atoms with Crippen LogP contribution < -0.4 is 5.32 Å². The number of halogens is 1. The average molecular weight is 269 g/mol. The summed E-state index contributed by atoms with van der Waals surface area (Å²) in [4.78, 5) is 0. The van der Waals surface area contributed by atoms with E-state index in [-0.39, 0.29) is 5.82 Å². The molecule has 0 saturated carbocycles. The molecule has 2 nitrogen and oxygen atoms in total. The van der Waals surface area contributed by atoms with E-state index in [1.54, 1.807) is 0 Å². The predicted molar refractivity (Wildman–Crippen MR) is 73.6 cm³/mol. The van der Waals surface area contributed by atoms with Gasteiger partial charge in [-0.1, -0.05) is 12.1 Å². The first-order valence-corrected chi connectivity index (χ1v) is 7.98. The lowest BCUT2D eigenvalue weighted by molar-refractivity contribution is 0.417. The number of hydrogen-bond donors (Lipinski definition) is 1.